The number of hydrogen-bond donors (Lipinski definition) is 2. The summed E-state index contributed by atoms with van der Waals surface area (Å²) in [5.41, 5.74) is 0.259. The summed E-state index contributed by atoms with van der Waals surface area (Å²) in [6.07, 6.45) is -0.672. The fourth-order valence-corrected chi connectivity index (χ4v) is 9.18. The highest BCUT2D eigenvalue weighted by atomic mass is 32.2. The van der Waals surface area contributed by atoms with Gasteiger partial charge in [-0.2, -0.15) is 0 Å². The molecule has 5 nitrogen and oxygen atoms in total. The van der Waals surface area contributed by atoms with Gasteiger partial charge in [-0.15, -0.1) is 0 Å². The maximum atomic E-state index is 13.6. The number of hydrogen-bond acceptors (Lipinski definition) is 5. The quantitative estimate of drug-likeness (QED) is 0.414. The Bertz CT molecular complexity index is 1040. The molecule has 0 spiro atoms. The third kappa shape index (κ3) is 4.59. The minimum atomic E-state index is -3.65. The molecule has 0 amide bonds. The molecule has 1 aromatic carbocycles. The van der Waals surface area contributed by atoms with Gasteiger partial charge in [-0.3, -0.25) is 0 Å². The van der Waals surface area contributed by atoms with Crippen LogP contribution in [0.5, 0.6) is 0 Å². The van der Waals surface area contributed by atoms with E-state index in [-0.39, 0.29) is 33.1 Å². The number of aliphatic hydroxyl groups is 2. The van der Waals surface area contributed by atoms with Crippen molar-refractivity contribution in [3.63, 3.8) is 0 Å². The van der Waals surface area contributed by atoms with Crippen molar-refractivity contribution in [1.29, 1.82) is 0 Å². The van der Waals surface area contributed by atoms with Gasteiger partial charge in [0.05, 0.1) is 22.9 Å². The molecule has 192 valence electrons. The van der Waals surface area contributed by atoms with Crippen molar-refractivity contribution in [3.8, 4) is 0 Å². The Balaban J connectivity index is 2.19. The van der Waals surface area contributed by atoms with Crippen LogP contribution in [0.1, 0.15) is 61.3 Å². The summed E-state index contributed by atoms with van der Waals surface area (Å²) in [5, 5.41) is 22.5. The molecule has 2 N–H and O–H groups in total. The summed E-state index contributed by atoms with van der Waals surface area (Å²) in [7, 11) is -5.84. The van der Waals surface area contributed by atoms with Crippen LogP contribution < -0.4 is 0 Å². The average molecular weight is 509 g/mol. The molecule has 0 aliphatic heterocycles. The molecule has 1 saturated carbocycles. The van der Waals surface area contributed by atoms with E-state index in [0.29, 0.717) is 11.1 Å². The molecule has 5 atom stereocenters. The highest BCUT2D eigenvalue weighted by molar-refractivity contribution is 7.91. The van der Waals surface area contributed by atoms with Crippen molar-refractivity contribution in [2.75, 3.05) is 5.75 Å². The Hall–Kier alpha value is -0.993. The van der Waals surface area contributed by atoms with Gasteiger partial charge in [-0.05, 0) is 66.6 Å². The van der Waals surface area contributed by atoms with Crippen molar-refractivity contribution in [2.45, 2.75) is 103 Å². The molecule has 34 heavy (non-hydrogen) atoms. The lowest BCUT2D eigenvalue weighted by Gasteiger charge is -2.61. The van der Waals surface area contributed by atoms with Gasteiger partial charge in [0.25, 0.3) is 0 Å². The zero-order valence-corrected chi connectivity index (χ0v) is 24.2. The zero-order chi connectivity index (χ0) is 25.9. The summed E-state index contributed by atoms with van der Waals surface area (Å²) in [6.45, 7) is 19.1. The molecule has 2 aliphatic rings. The van der Waals surface area contributed by atoms with Crippen LogP contribution in [-0.2, 0) is 14.3 Å². The topological polar surface area (TPSA) is 83.8 Å². The fraction of sp³-hybridized carbons (Fsp3) is 0.704. The molecule has 0 radical (unpaired) electrons. The Morgan fingerprint density at radius 3 is 2.18 bits per heavy atom. The van der Waals surface area contributed by atoms with E-state index < -0.39 is 35.8 Å². The largest absolute Gasteiger partial charge is 0.413 e. The van der Waals surface area contributed by atoms with Crippen LogP contribution in [0.3, 0.4) is 0 Å². The highest BCUT2D eigenvalue weighted by Gasteiger charge is 2.62. The molecule has 0 bridgehead atoms. The SMILES string of the molecule is CC1=C(CS(=O)(=O)c2ccccc2)[C@@]2(C)C([C@H](O)[C@@H]1O)C(C)(C)CC[C@H]2O[Si](C)(C)C(C)(C)C. The highest BCUT2D eigenvalue weighted by Crippen LogP contribution is 2.61. The summed E-state index contributed by atoms with van der Waals surface area (Å²) >= 11 is 0. The van der Waals surface area contributed by atoms with E-state index in [1.54, 1.807) is 37.3 Å². The first kappa shape index (κ1) is 27.6. The lowest BCUT2D eigenvalue weighted by molar-refractivity contribution is -0.153. The lowest BCUT2D eigenvalue weighted by Crippen LogP contribution is -2.64. The first-order chi connectivity index (χ1) is 15.4. The Morgan fingerprint density at radius 2 is 1.65 bits per heavy atom. The van der Waals surface area contributed by atoms with Crippen LogP contribution in [0.15, 0.2) is 46.4 Å². The number of aliphatic hydroxyl groups excluding tert-OH is 2. The summed E-state index contributed by atoms with van der Waals surface area (Å²) in [5.74, 6) is -0.518. The third-order valence-electron chi connectivity index (χ3n) is 9.12. The molecule has 3 rings (SSSR count). The van der Waals surface area contributed by atoms with Crippen molar-refractivity contribution < 1.29 is 23.1 Å². The van der Waals surface area contributed by atoms with Gasteiger partial charge < -0.3 is 14.6 Å². The van der Waals surface area contributed by atoms with E-state index >= 15 is 0 Å². The van der Waals surface area contributed by atoms with Gasteiger partial charge in [0.15, 0.2) is 18.2 Å². The average Bonchev–Trinajstić information content (AvgIpc) is 2.71. The Labute approximate surface area is 207 Å². The van der Waals surface area contributed by atoms with Crippen molar-refractivity contribution >= 4 is 18.2 Å². The van der Waals surface area contributed by atoms with Crippen molar-refractivity contribution in [3.05, 3.63) is 41.5 Å². The second kappa shape index (κ2) is 8.84. The third-order valence-corrected chi connectivity index (χ3v) is 15.3. The predicted octanol–water partition coefficient (Wildman–Crippen LogP) is 5.35. The molecule has 1 fully saturated rings. The maximum absolute atomic E-state index is 13.6. The van der Waals surface area contributed by atoms with Gasteiger partial charge in [-0.25, -0.2) is 8.42 Å². The van der Waals surface area contributed by atoms with Crippen LogP contribution in [0, 0.1) is 16.7 Å². The van der Waals surface area contributed by atoms with E-state index in [2.05, 4.69) is 54.6 Å². The normalized spacial score (nSPS) is 32.4. The Morgan fingerprint density at radius 1 is 1.09 bits per heavy atom. The zero-order valence-electron chi connectivity index (χ0n) is 22.3. The van der Waals surface area contributed by atoms with Crippen molar-refractivity contribution in [1.82, 2.24) is 0 Å². The molecular formula is C27H44O5SSi. The monoisotopic (exact) mass is 508 g/mol. The van der Waals surface area contributed by atoms with Gasteiger partial charge in [0.1, 0.15) is 6.10 Å². The lowest BCUT2D eigenvalue weighted by atomic mass is 9.48. The molecular weight excluding hydrogens is 464 g/mol. The second-order valence-electron chi connectivity index (χ2n) is 12.8. The summed E-state index contributed by atoms with van der Waals surface area (Å²) in [4.78, 5) is 0.271. The van der Waals surface area contributed by atoms with Gasteiger partial charge in [-0.1, -0.05) is 59.7 Å². The molecule has 1 aromatic rings. The van der Waals surface area contributed by atoms with E-state index in [1.807, 2.05) is 0 Å². The maximum Gasteiger partial charge on any atom is 0.192 e. The molecule has 0 heterocycles. The van der Waals surface area contributed by atoms with Gasteiger partial charge >= 0.3 is 0 Å². The van der Waals surface area contributed by atoms with E-state index in [0.717, 1.165) is 12.8 Å². The van der Waals surface area contributed by atoms with Crippen LogP contribution in [0.4, 0.5) is 0 Å². The van der Waals surface area contributed by atoms with E-state index in [4.69, 9.17) is 4.43 Å². The van der Waals surface area contributed by atoms with E-state index in [9.17, 15) is 18.6 Å². The minimum Gasteiger partial charge on any atom is -0.413 e. The number of benzene rings is 1. The van der Waals surface area contributed by atoms with E-state index in [1.165, 1.54) is 0 Å². The first-order valence-corrected chi connectivity index (χ1v) is 16.9. The predicted molar refractivity (Wildman–Crippen MR) is 140 cm³/mol. The van der Waals surface area contributed by atoms with Gasteiger partial charge in [0.2, 0.25) is 0 Å². The fourth-order valence-electron chi connectivity index (χ4n) is 6.10. The number of rotatable bonds is 5. The van der Waals surface area contributed by atoms with Crippen LogP contribution in [-0.4, -0.2) is 51.0 Å². The van der Waals surface area contributed by atoms with Crippen LogP contribution >= 0.6 is 0 Å². The first-order valence-electron chi connectivity index (χ1n) is 12.4. The second-order valence-corrected chi connectivity index (χ2v) is 19.6. The molecule has 7 heteroatoms. The van der Waals surface area contributed by atoms with Crippen LogP contribution in [0.25, 0.3) is 0 Å². The number of sulfone groups is 1. The molecule has 1 unspecified atom stereocenters. The molecule has 0 aromatic heterocycles. The Kier molecular flexibility index (Phi) is 7.17. The number of fused-ring (bicyclic) bond motifs is 1. The van der Waals surface area contributed by atoms with Gasteiger partial charge in [0, 0.05) is 11.3 Å². The summed E-state index contributed by atoms with van der Waals surface area (Å²) in [6, 6.07) is 8.49. The summed E-state index contributed by atoms with van der Waals surface area (Å²) < 4.78 is 34.1. The standard InChI is InChI=1S/C27H44O5SSi/c1-18-20(17-33(30,31)19-13-11-10-12-14-19)27(7)21(32-34(8,9)25(2,3)4)15-16-26(5,6)24(27)23(29)22(18)28/h10-14,21-24,28-29H,15-17H2,1-9H3/t21-,22-,23-,24?,27-/m1/s1. The minimum absolute atomic E-state index is 0.00629. The van der Waals surface area contributed by atoms with Crippen molar-refractivity contribution in [2.24, 2.45) is 16.7 Å². The smallest absolute Gasteiger partial charge is 0.192 e. The molecule has 0 saturated heterocycles. The molecule has 2 aliphatic carbocycles. The van der Waals surface area contributed by atoms with Crippen LogP contribution in [0.2, 0.25) is 18.1 Å².